The van der Waals surface area contributed by atoms with Gasteiger partial charge in [-0.3, -0.25) is 4.98 Å². The molecule has 136 valence electrons. The number of nitrogens with zero attached hydrogens (tertiary/aromatic N) is 5. The number of anilines is 1. The van der Waals surface area contributed by atoms with Crippen molar-refractivity contribution in [3.8, 4) is 39.9 Å². The van der Waals surface area contributed by atoms with Gasteiger partial charge >= 0.3 is 0 Å². The molecule has 0 fully saturated rings. The van der Waals surface area contributed by atoms with Gasteiger partial charge < -0.3 is 10.5 Å². The lowest BCUT2D eigenvalue weighted by molar-refractivity contribution is 0.411. The minimum absolute atomic E-state index is 0.170. The van der Waals surface area contributed by atoms with Crippen molar-refractivity contribution in [2.24, 2.45) is 0 Å². The molecule has 0 amide bonds. The highest BCUT2D eigenvalue weighted by Gasteiger charge is 2.15. The summed E-state index contributed by atoms with van der Waals surface area (Å²) < 4.78 is 7.12. The summed E-state index contributed by atoms with van der Waals surface area (Å²) >= 11 is 0. The standard InChI is InChI=1S/C21H16N6O/c1-28-20-7-3-2-6-19(20)27-13-15(12-25-27)18-9-16(14-5-4-8-24-11-14)17(10-22)21(23)26-18/h2-9,11-13H,1H3,(H2,23,26). The van der Waals surface area contributed by atoms with Crippen LogP contribution in [0.2, 0.25) is 0 Å². The van der Waals surface area contributed by atoms with Gasteiger partial charge in [0.15, 0.2) is 0 Å². The molecule has 3 aromatic heterocycles. The van der Waals surface area contributed by atoms with Crippen molar-refractivity contribution >= 4 is 5.82 Å². The van der Waals surface area contributed by atoms with Gasteiger partial charge in [-0.05, 0) is 24.3 Å². The van der Waals surface area contributed by atoms with Crippen LogP contribution in [0.15, 0.2) is 67.3 Å². The maximum Gasteiger partial charge on any atom is 0.144 e. The first kappa shape index (κ1) is 17.2. The molecule has 0 bridgehead atoms. The summed E-state index contributed by atoms with van der Waals surface area (Å²) in [7, 11) is 1.62. The van der Waals surface area contributed by atoms with Crippen LogP contribution in [0.5, 0.6) is 5.75 Å². The van der Waals surface area contributed by atoms with E-state index in [0.29, 0.717) is 22.6 Å². The summed E-state index contributed by atoms with van der Waals surface area (Å²) in [5.74, 6) is 0.879. The summed E-state index contributed by atoms with van der Waals surface area (Å²) in [5.41, 5.74) is 10.1. The predicted octanol–water partition coefficient (Wildman–Crippen LogP) is 3.46. The molecule has 0 saturated heterocycles. The molecule has 0 aliphatic heterocycles. The first-order chi connectivity index (χ1) is 13.7. The van der Waals surface area contributed by atoms with Gasteiger partial charge in [0.2, 0.25) is 0 Å². The van der Waals surface area contributed by atoms with Crippen molar-refractivity contribution in [2.45, 2.75) is 0 Å². The fourth-order valence-corrected chi connectivity index (χ4v) is 2.99. The van der Waals surface area contributed by atoms with Gasteiger partial charge in [0.25, 0.3) is 0 Å². The Balaban J connectivity index is 1.82. The van der Waals surface area contributed by atoms with Crippen molar-refractivity contribution < 1.29 is 4.74 Å². The van der Waals surface area contributed by atoms with Crippen LogP contribution in [0, 0.1) is 11.3 Å². The fraction of sp³-hybridized carbons (Fsp3) is 0.0476. The predicted molar refractivity (Wildman–Crippen MR) is 106 cm³/mol. The minimum atomic E-state index is 0.170. The number of nitrogens with two attached hydrogens (primary N) is 1. The normalized spacial score (nSPS) is 10.4. The zero-order chi connectivity index (χ0) is 19.5. The Hall–Kier alpha value is -4.18. The van der Waals surface area contributed by atoms with Crippen LogP contribution in [-0.4, -0.2) is 26.9 Å². The molecule has 0 aliphatic rings. The molecule has 4 rings (SSSR count). The smallest absolute Gasteiger partial charge is 0.144 e. The molecule has 7 nitrogen and oxygen atoms in total. The molecular formula is C21H16N6O. The number of nitrogen functional groups attached to an aromatic ring is 1. The van der Waals surface area contributed by atoms with Crippen molar-refractivity contribution in [2.75, 3.05) is 12.8 Å². The Bertz CT molecular complexity index is 1180. The van der Waals surface area contributed by atoms with E-state index in [0.717, 1.165) is 16.8 Å². The molecular weight excluding hydrogens is 352 g/mol. The number of hydrogen-bond donors (Lipinski definition) is 1. The third-order valence-electron chi connectivity index (χ3n) is 4.34. The van der Waals surface area contributed by atoms with Crippen LogP contribution >= 0.6 is 0 Å². The molecule has 0 radical (unpaired) electrons. The fourth-order valence-electron chi connectivity index (χ4n) is 2.99. The minimum Gasteiger partial charge on any atom is -0.494 e. The Morgan fingerprint density at radius 1 is 1.11 bits per heavy atom. The van der Waals surface area contributed by atoms with Gasteiger partial charge in [0.1, 0.15) is 28.9 Å². The lowest BCUT2D eigenvalue weighted by Gasteiger charge is -2.09. The second-order valence-electron chi connectivity index (χ2n) is 6.01. The van der Waals surface area contributed by atoms with E-state index in [9.17, 15) is 5.26 Å². The van der Waals surface area contributed by atoms with Gasteiger partial charge in [-0.15, -0.1) is 0 Å². The van der Waals surface area contributed by atoms with E-state index in [-0.39, 0.29) is 5.82 Å². The molecule has 2 N–H and O–H groups in total. The van der Waals surface area contributed by atoms with Crippen molar-refractivity contribution in [1.29, 1.82) is 5.26 Å². The van der Waals surface area contributed by atoms with Crippen LogP contribution in [0.3, 0.4) is 0 Å². The average Bonchev–Trinajstić information content (AvgIpc) is 3.24. The Labute approximate surface area is 161 Å². The number of nitriles is 1. The molecule has 4 aromatic rings. The van der Waals surface area contributed by atoms with Gasteiger partial charge in [-0.2, -0.15) is 10.4 Å². The second-order valence-corrected chi connectivity index (χ2v) is 6.01. The van der Waals surface area contributed by atoms with E-state index in [4.69, 9.17) is 10.5 Å². The summed E-state index contributed by atoms with van der Waals surface area (Å²) in [6, 6.07) is 15.3. The number of ether oxygens (including phenoxy) is 1. The van der Waals surface area contributed by atoms with Gasteiger partial charge in [-0.25, -0.2) is 9.67 Å². The van der Waals surface area contributed by atoms with E-state index in [1.54, 1.807) is 30.4 Å². The molecule has 0 atom stereocenters. The van der Waals surface area contributed by atoms with E-state index >= 15 is 0 Å². The number of aromatic nitrogens is 4. The first-order valence-corrected chi connectivity index (χ1v) is 8.50. The summed E-state index contributed by atoms with van der Waals surface area (Å²) in [4.78, 5) is 8.53. The van der Waals surface area contributed by atoms with Gasteiger partial charge in [0.05, 0.1) is 19.0 Å². The molecule has 7 heteroatoms. The van der Waals surface area contributed by atoms with E-state index in [1.165, 1.54) is 0 Å². The van der Waals surface area contributed by atoms with Crippen LogP contribution in [0.1, 0.15) is 5.56 Å². The van der Waals surface area contributed by atoms with E-state index in [1.807, 2.05) is 48.7 Å². The summed E-state index contributed by atoms with van der Waals surface area (Å²) in [5, 5.41) is 13.9. The average molecular weight is 368 g/mol. The van der Waals surface area contributed by atoms with Crippen LogP contribution < -0.4 is 10.5 Å². The van der Waals surface area contributed by atoms with Gasteiger partial charge in [0, 0.05) is 35.3 Å². The van der Waals surface area contributed by atoms with Crippen LogP contribution in [0.4, 0.5) is 5.82 Å². The monoisotopic (exact) mass is 368 g/mol. The van der Waals surface area contributed by atoms with Crippen LogP contribution in [0.25, 0.3) is 28.1 Å². The molecule has 3 heterocycles. The number of benzene rings is 1. The highest BCUT2D eigenvalue weighted by atomic mass is 16.5. The molecule has 0 aliphatic carbocycles. The topological polar surface area (TPSA) is 103 Å². The maximum atomic E-state index is 9.51. The van der Waals surface area contributed by atoms with Crippen molar-refractivity contribution in [3.05, 3.63) is 72.8 Å². The largest absolute Gasteiger partial charge is 0.494 e. The highest BCUT2D eigenvalue weighted by molar-refractivity contribution is 5.79. The third kappa shape index (κ3) is 3.04. The quantitative estimate of drug-likeness (QED) is 0.592. The number of rotatable bonds is 4. The molecule has 1 aromatic carbocycles. The first-order valence-electron chi connectivity index (χ1n) is 8.50. The van der Waals surface area contributed by atoms with Gasteiger partial charge in [-0.1, -0.05) is 18.2 Å². The van der Waals surface area contributed by atoms with Crippen molar-refractivity contribution in [3.63, 3.8) is 0 Å². The number of pyridine rings is 2. The highest BCUT2D eigenvalue weighted by Crippen LogP contribution is 2.31. The zero-order valence-electron chi connectivity index (χ0n) is 15.1. The molecule has 0 saturated carbocycles. The number of para-hydroxylation sites is 2. The Morgan fingerprint density at radius 3 is 2.71 bits per heavy atom. The van der Waals surface area contributed by atoms with Crippen molar-refractivity contribution in [1.82, 2.24) is 19.7 Å². The summed E-state index contributed by atoms with van der Waals surface area (Å²) in [6.07, 6.45) is 6.92. The number of hydrogen-bond acceptors (Lipinski definition) is 6. The molecule has 28 heavy (non-hydrogen) atoms. The van der Waals surface area contributed by atoms with E-state index in [2.05, 4.69) is 21.1 Å². The Morgan fingerprint density at radius 2 is 1.96 bits per heavy atom. The lowest BCUT2D eigenvalue weighted by atomic mass is 10.0. The SMILES string of the molecule is COc1ccccc1-n1cc(-c2cc(-c3cccnc3)c(C#N)c(N)n2)cn1. The molecule has 0 spiro atoms. The third-order valence-corrected chi connectivity index (χ3v) is 4.34. The maximum absolute atomic E-state index is 9.51. The lowest BCUT2D eigenvalue weighted by Crippen LogP contribution is -2.00. The Kier molecular flexibility index (Phi) is 4.44. The van der Waals surface area contributed by atoms with Crippen LogP contribution in [-0.2, 0) is 0 Å². The number of methoxy groups -OCH3 is 1. The second kappa shape index (κ2) is 7.21. The van der Waals surface area contributed by atoms with E-state index < -0.39 is 0 Å². The molecule has 0 unspecified atom stereocenters. The zero-order valence-corrected chi connectivity index (χ0v) is 15.1. The summed E-state index contributed by atoms with van der Waals surface area (Å²) in [6.45, 7) is 0.